The number of fused-ring (bicyclic) bond motifs is 4. The van der Waals surface area contributed by atoms with Crippen molar-refractivity contribution in [2.24, 2.45) is 12.5 Å². The first-order chi connectivity index (χ1) is 17.5. The molecule has 0 radical (unpaired) electrons. The summed E-state index contributed by atoms with van der Waals surface area (Å²) in [5, 5.41) is 1.97. The molecule has 5 aromatic rings. The highest BCUT2D eigenvalue weighted by Gasteiger charge is 2.29. The summed E-state index contributed by atoms with van der Waals surface area (Å²) in [7, 11) is 2.10. The standard InChI is InChI=1S/C34H35FNO/c1-19(2)27-18-36(7)29(14-21(27)4)30-20(3)8-11-25-26-12-13-28(35)31(33(26)37-32(25)30)22-9-10-23-16-34(5,6)17-24(23)15-22/h8-15,18-19H,16-17H2,1-7H3/q+1. The highest BCUT2D eigenvalue weighted by Crippen LogP contribution is 2.43. The summed E-state index contributed by atoms with van der Waals surface area (Å²) in [6.45, 7) is 13.3. The molecule has 0 N–H and O–H groups in total. The number of hydrogen-bond acceptors (Lipinski definition) is 1. The number of pyridine rings is 1. The lowest BCUT2D eigenvalue weighted by molar-refractivity contribution is -0.660. The summed E-state index contributed by atoms with van der Waals surface area (Å²) in [5.41, 5.74) is 11.7. The maximum atomic E-state index is 15.5. The van der Waals surface area contributed by atoms with E-state index in [-0.39, 0.29) is 11.2 Å². The van der Waals surface area contributed by atoms with Gasteiger partial charge in [0.05, 0.1) is 11.1 Å². The van der Waals surface area contributed by atoms with Gasteiger partial charge in [-0.3, -0.25) is 0 Å². The average molecular weight is 493 g/mol. The molecule has 0 atom stereocenters. The monoisotopic (exact) mass is 492 g/mol. The first kappa shape index (κ1) is 23.9. The van der Waals surface area contributed by atoms with Crippen molar-refractivity contribution in [3.8, 4) is 22.4 Å². The molecule has 188 valence electrons. The number of nitrogens with zero attached hydrogens (tertiary/aromatic N) is 1. The Balaban J connectivity index is 1.61. The van der Waals surface area contributed by atoms with Gasteiger partial charge in [0.25, 0.3) is 0 Å². The topological polar surface area (TPSA) is 17.0 Å². The molecule has 3 heteroatoms. The molecule has 1 aliphatic carbocycles. The molecule has 2 heterocycles. The van der Waals surface area contributed by atoms with Crippen molar-refractivity contribution in [3.05, 3.63) is 88.4 Å². The molecule has 3 aromatic carbocycles. The Labute approximate surface area is 218 Å². The molecule has 0 saturated heterocycles. The van der Waals surface area contributed by atoms with E-state index in [0.29, 0.717) is 17.1 Å². The predicted molar refractivity (Wildman–Crippen MR) is 150 cm³/mol. The third-order valence-corrected chi connectivity index (χ3v) is 8.20. The Morgan fingerprint density at radius 3 is 2.24 bits per heavy atom. The quantitative estimate of drug-likeness (QED) is 0.230. The second-order valence-corrected chi connectivity index (χ2v) is 12.1. The van der Waals surface area contributed by atoms with Crippen molar-refractivity contribution < 1.29 is 13.4 Å². The van der Waals surface area contributed by atoms with Gasteiger partial charge >= 0.3 is 0 Å². The second kappa shape index (κ2) is 8.28. The Hall–Kier alpha value is -3.46. The van der Waals surface area contributed by atoms with Crippen LogP contribution in [-0.2, 0) is 19.9 Å². The van der Waals surface area contributed by atoms with Crippen LogP contribution in [0.3, 0.4) is 0 Å². The minimum absolute atomic E-state index is 0.246. The fourth-order valence-corrected chi connectivity index (χ4v) is 6.40. The summed E-state index contributed by atoms with van der Waals surface area (Å²) in [6, 6.07) is 16.4. The summed E-state index contributed by atoms with van der Waals surface area (Å²) >= 11 is 0. The molecular formula is C34H35FNO+. The molecule has 0 amide bonds. The van der Waals surface area contributed by atoms with Gasteiger partial charge in [0.1, 0.15) is 24.0 Å². The largest absolute Gasteiger partial charge is 0.454 e. The lowest BCUT2D eigenvalue weighted by atomic mass is 9.90. The van der Waals surface area contributed by atoms with E-state index in [0.717, 1.165) is 51.6 Å². The van der Waals surface area contributed by atoms with Crippen LogP contribution in [0.4, 0.5) is 4.39 Å². The van der Waals surface area contributed by atoms with Crippen molar-refractivity contribution in [2.75, 3.05) is 0 Å². The third-order valence-electron chi connectivity index (χ3n) is 8.20. The Kier molecular flexibility index (Phi) is 5.35. The van der Waals surface area contributed by atoms with Crippen LogP contribution in [0.2, 0.25) is 0 Å². The molecule has 0 spiro atoms. The number of aromatic nitrogens is 1. The molecule has 0 unspecified atom stereocenters. The van der Waals surface area contributed by atoms with Crippen LogP contribution >= 0.6 is 0 Å². The van der Waals surface area contributed by atoms with Gasteiger partial charge in [-0.2, -0.15) is 0 Å². The SMILES string of the molecule is Cc1cc(-c2c(C)ccc3c2oc2c(-c4ccc5c(c4)CC(C)(C)C5)c(F)ccc23)[n+](C)cc1C(C)C. The highest BCUT2D eigenvalue weighted by atomic mass is 19.1. The van der Waals surface area contributed by atoms with Crippen LogP contribution < -0.4 is 4.57 Å². The van der Waals surface area contributed by atoms with Gasteiger partial charge in [-0.1, -0.05) is 58.0 Å². The molecular weight excluding hydrogens is 457 g/mol. The van der Waals surface area contributed by atoms with Crippen LogP contribution in [0.15, 0.2) is 59.1 Å². The molecule has 6 rings (SSSR count). The third kappa shape index (κ3) is 3.79. The van der Waals surface area contributed by atoms with E-state index in [9.17, 15) is 0 Å². The zero-order chi connectivity index (χ0) is 26.2. The highest BCUT2D eigenvalue weighted by molar-refractivity contribution is 6.13. The van der Waals surface area contributed by atoms with Gasteiger partial charge in [0.15, 0.2) is 6.20 Å². The molecule has 37 heavy (non-hydrogen) atoms. The number of benzene rings is 3. The van der Waals surface area contributed by atoms with E-state index in [2.05, 4.69) is 95.8 Å². The predicted octanol–water partition coefficient (Wildman–Crippen LogP) is 8.75. The number of hydrogen-bond donors (Lipinski definition) is 0. The van der Waals surface area contributed by atoms with Gasteiger partial charge in [-0.15, -0.1) is 0 Å². The fraction of sp³-hybridized carbons (Fsp3) is 0.324. The number of aryl methyl sites for hydroxylation is 3. The normalized spacial score (nSPS) is 14.7. The molecule has 0 aliphatic heterocycles. The van der Waals surface area contributed by atoms with E-state index in [1.54, 1.807) is 6.07 Å². The first-order valence-corrected chi connectivity index (χ1v) is 13.3. The lowest BCUT2D eigenvalue weighted by Crippen LogP contribution is -2.32. The molecule has 0 saturated carbocycles. The van der Waals surface area contributed by atoms with Crippen molar-refractivity contribution in [3.63, 3.8) is 0 Å². The molecule has 0 fully saturated rings. The van der Waals surface area contributed by atoms with E-state index in [1.165, 1.54) is 22.3 Å². The summed E-state index contributed by atoms with van der Waals surface area (Å²) in [4.78, 5) is 0. The van der Waals surface area contributed by atoms with Gasteiger partial charge < -0.3 is 4.42 Å². The van der Waals surface area contributed by atoms with E-state index in [4.69, 9.17) is 4.42 Å². The average Bonchev–Trinajstić information content (AvgIpc) is 3.35. The Morgan fingerprint density at radius 2 is 1.51 bits per heavy atom. The van der Waals surface area contributed by atoms with E-state index in [1.807, 2.05) is 6.07 Å². The number of rotatable bonds is 3. The zero-order valence-corrected chi connectivity index (χ0v) is 22.9. The van der Waals surface area contributed by atoms with Crippen LogP contribution in [0.1, 0.15) is 61.4 Å². The summed E-state index contributed by atoms with van der Waals surface area (Å²) in [5.74, 6) is 0.205. The van der Waals surface area contributed by atoms with E-state index >= 15 is 4.39 Å². The van der Waals surface area contributed by atoms with Gasteiger partial charge in [0.2, 0.25) is 5.69 Å². The lowest BCUT2D eigenvalue weighted by Gasteiger charge is -2.14. The van der Waals surface area contributed by atoms with Crippen LogP contribution in [0, 0.1) is 25.1 Å². The van der Waals surface area contributed by atoms with E-state index < -0.39 is 0 Å². The number of furan rings is 1. The number of halogens is 1. The van der Waals surface area contributed by atoms with Crippen LogP contribution in [-0.4, -0.2) is 0 Å². The van der Waals surface area contributed by atoms with Gasteiger partial charge in [-0.25, -0.2) is 8.96 Å². The second-order valence-electron chi connectivity index (χ2n) is 12.1. The van der Waals surface area contributed by atoms with Crippen molar-refractivity contribution >= 4 is 21.9 Å². The minimum atomic E-state index is -0.246. The van der Waals surface area contributed by atoms with Crippen LogP contribution in [0.25, 0.3) is 44.3 Å². The van der Waals surface area contributed by atoms with Gasteiger partial charge in [0, 0.05) is 22.4 Å². The molecule has 0 bridgehead atoms. The maximum absolute atomic E-state index is 15.5. The zero-order valence-electron chi connectivity index (χ0n) is 22.9. The molecule has 2 aromatic heterocycles. The van der Waals surface area contributed by atoms with Gasteiger partial charge in [-0.05, 0) is 78.0 Å². The van der Waals surface area contributed by atoms with Crippen LogP contribution in [0.5, 0.6) is 0 Å². The van der Waals surface area contributed by atoms with Crippen molar-refractivity contribution in [2.45, 2.75) is 60.3 Å². The molecule has 1 aliphatic rings. The molecule has 2 nitrogen and oxygen atoms in total. The van der Waals surface area contributed by atoms with Crippen molar-refractivity contribution in [1.82, 2.24) is 0 Å². The van der Waals surface area contributed by atoms with Crippen molar-refractivity contribution in [1.29, 1.82) is 0 Å². The summed E-state index contributed by atoms with van der Waals surface area (Å²) in [6.07, 6.45) is 4.31. The Bertz CT molecular complexity index is 1720. The summed E-state index contributed by atoms with van der Waals surface area (Å²) < 4.78 is 24.4. The first-order valence-electron chi connectivity index (χ1n) is 13.3. The fourth-order valence-electron chi connectivity index (χ4n) is 6.40. The minimum Gasteiger partial charge on any atom is -0.454 e. The maximum Gasteiger partial charge on any atom is 0.216 e. The Morgan fingerprint density at radius 1 is 0.838 bits per heavy atom. The smallest absolute Gasteiger partial charge is 0.216 e.